The second-order valence-corrected chi connectivity index (χ2v) is 7.09. The molecule has 0 radical (unpaired) electrons. The third-order valence-electron chi connectivity index (χ3n) is 4.86. The maximum atomic E-state index is 12.7. The zero-order valence-corrected chi connectivity index (χ0v) is 17.2. The molecular weight excluding hydrogens is 390 g/mol. The van der Waals surface area contributed by atoms with Gasteiger partial charge in [0.2, 0.25) is 0 Å². The number of aryl methyl sites for hydroxylation is 1. The first-order valence-electron chi connectivity index (χ1n) is 9.79. The summed E-state index contributed by atoms with van der Waals surface area (Å²) in [5.41, 5.74) is 3.46. The minimum Gasteiger partial charge on any atom is -0.422 e. The van der Waals surface area contributed by atoms with Crippen molar-refractivity contribution in [2.75, 3.05) is 11.9 Å². The molecule has 3 aromatic carbocycles. The molecule has 0 aliphatic heterocycles. The molecule has 0 spiro atoms. The Hall–Kier alpha value is -4.19. The number of benzene rings is 3. The van der Waals surface area contributed by atoms with Crippen LogP contribution < -0.4 is 9.64 Å². The van der Waals surface area contributed by atoms with Gasteiger partial charge in [-0.2, -0.15) is 5.10 Å². The number of hydrogen-bond acceptors (Lipinski definition) is 4. The summed E-state index contributed by atoms with van der Waals surface area (Å²) < 4.78 is 7.04. The summed E-state index contributed by atoms with van der Waals surface area (Å²) in [6.07, 6.45) is 1.71. The molecule has 4 rings (SSSR count). The van der Waals surface area contributed by atoms with Crippen LogP contribution in [0.15, 0.2) is 91.1 Å². The Morgan fingerprint density at radius 1 is 0.871 bits per heavy atom. The normalized spacial score (nSPS) is 10.5. The molecule has 1 amide bonds. The zero-order valence-electron chi connectivity index (χ0n) is 17.2. The van der Waals surface area contributed by atoms with Crippen LogP contribution >= 0.6 is 0 Å². The van der Waals surface area contributed by atoms with E-state index in [-0.39, 0.29) is 11.6 Å². The van der Waals surface area contributed by atoms with E-state index in [2.05, 4.69) is 5.10 Å². The van der Waals surface area contributed by atoms with E-state index < -0.39 is 5.97 Å². The van der Waals surface area contributed by atoms with Crippen LogP contribution in [-0.2, 0) is 0 Å². The summed E-state index contributed by atoms with van der Waals surface area (Å²) >= 11 is 0. The van der Waals surface area contributed by atoms with Crippen LogP contribution in [-0.4, -0.2) is 28.7 Å². The van der Waals surface area contributed by atoms with Gasteiger partial charge in [-0.05, 0) is 61.5 Å². The van der Waals surface area contributed by atoms with Gasteiger partial charge in [-0.3, -0.25) is 4.79 Å². The Morgan fingerprint density at radius 2 is 1.55 bits per heavy atom. The van der Waals surface area contributed by atoms with Gasteiger partial charge in [0.15, 0.2) is 5.69 Å². The van der Waals surface area contributed by atoms with Crippen LogP contribution in [0.1, 0.15) is 26.4 Å². The Balaban J connectivity index is 1.42. The van der Waals surface area contributed by atoms with E-state index in [0.29, 0.717) is 17.0 Å². The van der Waals surface area contributed by atoms with Crippen molar-refractivity contribution in [1.82, 2.24) is 9.78 Å². The number of para-hydroxylation sites is 1. The Morgan fingerprint density at radius 3 is 2.23 bits per heavy atom. The van der Waals surface area contributed by atoms with Crippen LogP contribution in [0.4, 0.5) is 5.69 Å². The van der Waals surface area contributed by atoms with Crippen molar-refractivity contribution >= 4 is 17.6 Å². The summed E-state index contributed by atoms with van der Waals surface area (Å²) in [4.78, 5) is 26.6. The van der Waals surface area contributed by atoms with Crippen molar-refractivity contribution in [3.05, 3.63) is 108 Å². The fourth-order valence-electron chi connectivity index (χ4n) is 3.06. The first kappa shape index (κ1) is 20.1. The van der Waals surface area contributed by atoms with E-state index >= 15 is 0 Å². The summed E-state index contributed by atoms with van der Waals surface area (Å²) in [6, 6.07) is 25.3. The molecule has 0 fully saturated rings. The molecule has 31 heavy (non-hydrogen) atoms. The standard InChI is InChI=1S/C25H21N3O3/c1-18-8-10-19(11-9-18)24(29)27(2)20-12-14-22(15-13-20)31-25(30)23-16-17-28(26-23)21-6-4-3-5-7-21/h3-17H,1-2H3. The van der Waals surface area contributed by atoms with Gasteiger partial charge in [-0.25, -0.2) is 9.48 Å². The molecule has 0 atom stereocenters. The van der Waals surface area contributed by atoms with Crippen LogP contribution in [0, 0.1) is 6.92 Å². The Bertz CT molecular complexity index is 1200. The van der Waals surface area contributed by atoms with Gasteiger partial charge in [0.05, 0.1) is 5.69 Å². The molecule has 0 aliphatic rings. The number of rotatable bonds is 5. The lowest BCUT2D eigenvalue weighted by Gasteiger charge is -2.18. The highest BCUT2D eigenvalue weighted by Gasteiger charge is 2.15. The fraction of sp³-hybridized carbons (Fsp3) is 0.0800. The Labute approximate surface area is 180 Å². The van der Waals surface area contributed by atoms with Gasteiger partial charge in [-0.1, -0.05) is 35.9 Å². The third kappa shape index (κ3) is 4.53. The molecule has 0 N–H and O–H groups in total. The maximum Gasteiger partial charge on any atom is 0.364 e. The Kier molecular flexibility index (Phi) is 5.62. The molecular formula is C25H21N3O3. The quantitative estimate of drug-likeness (QED) is 0.353. The van der Waals surface area contributed by atoms with Crippen LogP contribution in [0.2, 0.25) is 0 Å². The molecule has 0 aliphatic carbocycles. The van der Waals surface area contributed by atoms with Crippen molar-refractivity contribution in [3.63, 3.8) is 0 Å². The highest BCUT2D eigenvalue weighted by molar-refractivity contribution is 6.05. The molecule has 6 nitrogen and oxygen atoms in total. The van der Waals surface area contributed by atoms with E-state index in [1.54, 1.807) is 65.3 Å². The van der Waals surface area contributed by atoms with Crippen molar-refractivity contribution in [2.45, 2.75) is 6.92 Å². The maximum absolute atomic E-state index is 12.7. The van der Waals surface area contributed by atoms with Gasteiger partial charge in [0, 0.05) is 24.5 Å². The highest BCUT2D eigenvalue weighted by atomic mass is 16.5. The predicted molar refractivity (Wildman–Crippen MR) is 119 cm³/mol. The van der Waals surface area contributed by atoms with Crippen molar-refractivity contribution in [2.24, 2.45) is 0 Å². The number of ether oxygens (including phenoxy) is 1. The third-order valence-corrected chi connectivity index (χ3v) is 4.86. The van der Waals surface area contributed by atoms with Gasteiger partial charge < -0.3 is 9.64 Å². The summed E-state index contributed by atoms with van der Waals surface area (Å²) in [6.45, 7) is 1.98. The summed E-state index contributed by atoms with van der Waals surface area (Å²) in [7, 11) is 1.71. The number of carbonyl (C=O) groups excluding carboxylic acids is 2. The second-order valence-electron chi connectivity index (χ2n) is 7.09. The lowest BCUT2D eigenvalue weighted by Crippen LogP contribution is -2.26. The topological polar surface area (TPSA) is 64.4 Å². The lowest BCUT2D eigenvalue weighted by atomic mass is 10.1. The average molecular weight is 411 g/mol. The van der Waals surface area contributed by atoms with Crippen LogP contribution in [0.25, 0.3) is 5.69 Å². The van der Waals surface area contributed by atoms with E-state index in [0.717, 1.165) is 11.3 Å². The minimum atomic E-state index is -0.550. The van der Waals surface area contributed by atoms with E-state index in [1.165, 1.54) is 0 Å². The minimum absolute atomic E-state index is 0.115. The van der Waals surface area contributed by atoms with E-state index in [9.17, 15) is 9.59 Å². The average Bonchev–Trinajstić information content (AvgIpc) is 3.30. The number of esters is 1. The molecule has 154 valence electrons. The fourth-order valence-corrected chi connectivity index (χ4v) is 3.06. The van der Waals surface area contributed by atoms with Crippen LogP contribution in [0.3, 0.4) is 0 Å². The molecule has 0 bridgehead atoms. The monoisotopic (exact) mass is 411 g/mol. The highest BCUT2D eigenvalue weighted by Crippen LogP contribution is 2.21. The molecule has 0 saturated heterocycles. The van der Waals surface area contributed by atoms with Crippen LogP contribution in [0.5, 0.6) is 5.75 Å². The molecule has 1 heterocycles. The number of nitrogens with zero attached hydrogens (tertiary/aromatic N) is 3. The number of carbonyl (C=O) groups is 2. The smallest absolute Gasteiger partial charge is 0.364 e. The molecule has 4 aromatic rings. The second kappa shape index (κ2) is 8.67. The number of amides is 1. The van der Waals surface area contributed by atoms with Gasteiger partial charge in [0.25, 0.3) is 5.91 Å². The van der Waals surface area contributed by atoms with Gasteiger partial charge in [0.1, 0.15) is 5.75 Å². The van der Waals surface area contributed by atoms with E-state index in [1.807, 2.05) is 49.4 Å². The first-order valence-corrected chi connectivity index (χ1v) is 9.79. The SMILES string of the molecule is Cc1ccc(C(=O)N(C)c2ccc(OC(=O)c3ccn(-c4ccccc4)n3)cc2)cc1. The molecule has 6 heteroatoms. The first-order chi connectivity index (χ1) is 15.0. The van der Waals surface area contributed by atoms with Crippen molar-refractivity contribution in [1.29, 1.82) is 0 Å². The van der Waals surface area contributed by atoms with Gasteiger partial charge in [-0.15, -0.1) is 0 Å². The number of hydrogen-bond donors (Lipinski definition) is 0. The van der Waals surface area contributed by atoms with Gasteiger partial charge >= 0.3 is 5.97 Å². The number of aromatic nitrogens is 2. The number of anilines is 1. The molecule has 0 unspecified atom stereocenters. The summed E-state index contributed by atoms with van der Waals surface area (Å²) in [5.74, 6) is -0.290. The molecule has 0 saturated carbocycles. The molecule has 1 aromatic heterocycles. The lowest BCUT2D eigenvalue weighted by molar-refractivity contribution is 0.0727. The summed E-state index contributed by atoms with van der Waals surface area (Å²) in [5, 5.41) is 4.27. The van der Waals surface area contributed by atoms with E-state index in [4.69, 9.17) is 4.74 Å². The largest absolute Gasteiger partial charge is 0.422 e. The van der Waals surface area contributed by atoms with Crippen molar-refractivity contribution < 1.29 is 14.3 Å². The van der Waals surface area contributed by atoms with Crippen molar-refractivity contribution in [3.8, 4) is 11.4 Å². The predicted octanol–water partition coefficient (Wildman–Crippen LogP) is 4.68. The zero-order chi connectivity index (χ0) is 21.8.